The summed E-state index contributed by atoms with van der Waals surface area (Å²) in [6.07, 6.45) is -0.337. The fourth-order valence-electron chi connectivity index (χ4n) is 8.41. The number of carbonyl (C=O) groups excluding carboxylic acids is 10. The van der Waals surface area contributed by atoms with Gasteiger partial charge in [-0.15, -0.1) is 0 Å². The Kier molecular flexibility index (Phi) is 27.1. The zero-order valence-corrected chi connectivity index (χ0v) is 47.4. The Morgan fingerprint density at radius 1 is 0.787 bits per heavy atom. The van der Waals surface area contributed by atoms with E-state index in [-0.39, 0.29) is 75.8 Å². The number of rotatable bonds is 17. The highest BCUT2D eigenvalue weighted by Crippen LogP contribution is 2.39. The van der Waals surface area contributed by atoms with E-state index < -0.39 is 137 Å². The van der Waals surface area contributed by atoms with E-state index in [9.17, 15) is 57.8 Å². The van der Waals surface area contributed by atoms with E-state index in [2.05, 4.69) is 52.5 Å². The number of fused-ring (bicyclic) bond motifs is 1. The lowest BCUT2D eigenvalue weighted by atomic mass is 9.95. The van der Waals surface area contributed by atoms with Crippen LogP contribution in [0, 0.1) is 5.92 Å². The van der Waals surface area contributed by atoms with Gasteiger partial charge >= 0.3 is 5.97 Å². The molecule has 19 N–H and O–H groups in total. The second kappa shape index (κ2) is 32.5. The van der Waals surface area contributed by atoms with Crippen LogP contribution in [0.5, 0.6) is 5.75 Å². The lowest BCUT2D eigenvalue weighted by Crippen LogP contribution is -2.62. The lowest BCUT2D eigenvalue weighted by Gasteiger charge is -2.36. The fraction of sp³-hybridized carbons (Fsp3) is 0.612. The summed E-state index contributed by atoms with van der Waals surface area (Å²) < 4.78 is 4.04. The van der Waals surface area contributed by atoms with Crippen molar-refractivity contribution in [3.05, 3.63) is 29.8 Å². The number of aliphatic imine (C=N–C) groups is 2. The van der Waals surface area contributed by atoms with Crippen molar-refractivity contribution in [1.82, 2.24) is 47.4 Å². The first-order valence-corrected chi connectivity index (χ1v) is 28.2. The number of hydrogen-bond donors (Lipinski definition) is 14. The number of aliphatic carboxylic acids is 1. The van der Waals surface area contributed by atoms with Gasteiger partial charge < -0.3 is 85.9 Å². The molecule has 3 rings (SSSR count). The maximum Gasteiger partial charge on any atom is 0.305 e. The molecule has 2 saturated heterocycles. The largest absolute Gasteiger partial charge is 0.497 e. The van der Waals surface area contributed by atoms with E-state index >= 15 is 0 Å². The number of nitrogens with zero attached hydrogens (tertiary/aromatic N) is 3. The number of nitrogens with one attached hydrogen (secondary N) is 8. The van der Waals surface area contributed by atoms with Crippen molar-refractivity contribution >= 4 is 98.5 Å². The van der Waals surface area contributed by atoms with Gasteiger partial charge in [0.25, 0.3) is 0 Å². The van der Waals surface area contributed by atoms with Gasteiger partial charge in [-0.1, -0.05) is 54.0 Å². The highest BCUT2D eigenvalue weighted by molar-refractivity contribution is 8.77. The van der Waals surface area contributed by atoms with Crippen molar-refractivity contribution in [1.29, 1.82) is 0 Å². The summed E-state index contributed by atoms with van der Waals surface area (Å²) in [5, 5.41) is 30.3. The lowest BCUT2D eigenvalue weighted by molar-refractivity contribution is -0.143. The van der Waals surface area contributed by atoms with Gasteiger partial charge in [-0.3, -0.25) is 62.7 Å². The Morgan fingerprint density at radius 2 is 1.35 bits per heavy atom. The molecule has 29 nitrogen and oxygen atoms in total. The van der Waals surface area contributed by atoms with Gasteiger partial charge in [0.15, 0.2) is 11.9 Å². The Morgan fingerprint density at radius 3 is 1.90 bits per heavy atom. The third-order valence-electron chi connectivity index (χ3n) is 12.9. The molecular formula is C49H78N16O13S2. The fourth-order valence-corrected chi connectivity index (χ4v) is 11.2. The maximum absolute atomic E-state index is 14.6. The van der Waals surface area contributed by atoms with Crippen molar-refractivity contribution in [2.45, 2.75) is 145 Å². The molecule has 80 heavy (non-hydrogen) atoms. The smallest absolute Gasteiger partial charge is 0.305 e. The molecule has 0 saturated carbocycles. The molecule has 0 unspecified atom stereocenters. The molecule has 444 valence electrons. The maximum atomic E-state index is 14.6. The molecule has 0 aromatic heterocycles. The summed E-state index contributed by atoms with van der Waals surface area (Å²) in [5.41, 5.74) is 28.3. The van der Waals surface area contributed by atoms with E-state index in [1.165, 1.54) is 18.9 Å². The monoisotopic (exact) mass is 1160 g/mol. The van der Waals surface area contributed by atoms with E-state index in [1.54, 1.807) is 52.0 Å². The van der Waals surface area contributed by atoms with Crippen LogP contribution in [-0.4, -0.2) is 179 Å². The SMILES string of the molecule is CC[C@H](C)[C@@H]1NC(=O)[C@H](NC(C)=O)C(C)(C)SSC[C@H](C(N)=O)NC(=O)[C@H](CCCN=C(N)N)NC(=O)[C@H](Cc2ccc(OC)cc2)NC(=O)[C@H](CC(=O)O)NC(=O)CNC(=O)[C@H](CCCN=C(N)N)NC(=O)[C@@H]2CCCN2C1=O. The first kappa shape index (κ1) is 66.7. The normalized spacial score (nSPS) is 24.6. The molecular weight excluding hydrogens is 1080 g/mol. The number of carboxylic acid groups (broad SMARTS) is 1. The van der Waals surface area contributed by atoms with Crippen LogP contribution in [0.4, 0.5) is 0 Å². The van der Waals surface area contributed by atoms with Crippen LogP contribution in [0.3, 0.4) is 0 Å². The molecule has 10 amide bonds. The molecule has 2 aliphatic heterocycles. The number of ether oxygens (including phenoxy) is 1. The Bertz CT molecular complexity index is 2440. The molecule has 2 fully saturated rings. The van der Waals surface area contributed by atoms with E-state index in [0.29, 0.717) is 24.2 Å². The van der Waals surface area contributed by atoms with Gasteiger partial charge in [0, 0.05) is 43.5 Å². The summed E-state index contributed by atoms with van der Waals surface area (Å²) >= 11 is 0. The number of amides is 10. The van der Waals surface area contributed by atoms with E-state index in [0.717, 1.165) is 21.6 Å². The average molecular weight is 1160 g/mol. The summed E-state index contributed by atoms with van der Waals surface area (Å²) in [5.74, 6) is -11.0. The third-order valence-corrected chi connectivity index (χ3v) is 16.2. The van der Waals surface area contributed by atoms with Gasteiger partial charge in [0.05, 0.1) is 20.1 Å². The minimum Gasteiger partial charge on any atom is -0.497 e. The zero-order chi connectivity index (χ0) is 59.9. The number of guanidine groups is 2. The average Bonchev–Trinajstić information content (AvgIpc) is 3.89. The zero-order valence-electron chi connectivity index (χ0n) is 45.8. The molecule has 2 aliphatic rings. The Balaban J connectivity index is 2.18. The summed E-state index contributed by atoms with van der Waals surface area (Å²) in [6, 6.07) is -4.98. The number of carbonyl (C=O) groups is 11. The predicted molar refractivity (Wildman–Crippen MR) is 298 cm³/mol. The third kappa shape index (κ3) is 21.9. The second-order valence-corrected chi connectivity index (χ2v) is 22.7. The number of hydrogen-bond acceptors (Lipinski definition) is 16. The summed E-state index contributed by atoms with van der Waals surface area (Å²) in [7, 11) is 3.50. The number of carboxylic acids is 1. The number of primary amides is 1. The molecule has 0 radical (unpaired) electrons. The van der Waals surface area contributed by atoms with Gasteiger partial charge in [-0.2, -0.15) is 0 Å². The first-order valence-electron chi connectivity index (χ1n) is 25.9. The van der Waals surface area contributed by atoms with Gasteiger partial charge in [-0.05, 0) is 76.0 Å². The molecule has 0 spiro atoms. The van der Waals surface area contributed by atoms with E-state index in [4.69, 9.17) is 33.4 Å². The van der Waals surface area contributed by atoms with E-state index in [1.807, 2.05) is 0 Å². The van der Waals surface area contributed by atoms with Crippen molar-refractivity contribution in [2.75, 3.05) is 39.0 Å². The molecule has 2 heterocycles. The standard InChI is InChI=1S/C49H78N16O13S2/c1-7-25(2)37-46(77)65-20-10-13-34(65)44(75)61-29(11-8-18-55-47(51)52)40(71)57-23-35(67)59-32(22-36(68)69)43(74)62-31(21-27-14-16-28(78-6)17-15-27)42(73)60-30(12-9-19-56-48(53)54)41(72)63-33(39(50)70)24-79-80-49(4,5)38(45(76)64-37)58-26(3)66/h14-17,25,29-34,37-38H,7-13,18-24H2,1-6H3,(H2,50,70)(H,57,71)(H,58,66)(H,59,67)(H,60,73)(H,61,75)(H,62,74)(H,63,72)(H,64,76)(H,68,69)(H4,51,52,55)(H4,53,54,56)/t25-,29-,30-,31-,32-,33+,34-,37-,38-/m0/s1. The van der Waals surface area contributed by atoms with Crippen LogP contribution < -0.4 is 75.9 Å². The number of benzene rings is 1. The molecule has 1 aromatic carbocycles. The summed E-state index contributed by atoms with van der Waals surface area (Å²) in [4.78, 5) is 160. The first-order chi connectivity index (χ1) is 37.7. The van der Waals surface area contributed by atoms with Gasteiger partial charge in [0.2, 0.25) is 59.1 Å². The van der Waals surface area contributed by atoms with Crippen molar-refractivity contribution in [3.63, 3.8) is 0 Å². The van der Waals surface area contributed by atoms with Crippen LogP contribution in [0.25, 0.3) is 0 Å². The quantitative estimate of drug-likeness (QED) is 0.0306. The Hall–Kier alpha value is -7.57. The van der Waals surface area contributed by atoms with Crippen molar-refractivity contribution in [2.24, 2.45) is 44.6 Å². The topological polar surface area (TPSA) is 472 Å². The van der Waals surface area contributed by atoms with Crippen LogP contribution >= 0.6 is 21.6 Å². The van der Waals surface area contributed by atoms with Gasteiger partial charge in [-0.25, -0.2) is 0 Å². The van der Waals surface area contributed by atoms with Crippen molar-refractivity contribution < 1.29 is 62.6 Å². The van der Waals surface area contributed by atoms with Crippen LogP contribution in [0.2, 0.25) is 0 Å². The molecule has 0 bridgehead atoms. The van der Waals surface area contributed by atoms with Crippen LogP contribution in [-0.2, 0) is 59.2 Å². The highest BCUT2D eigenvalue weighted by atomic mass is 33.1. The Labute approximate surface area is 471 Å². The minimum absolute atomic E-state index is 0.00532. The van der Waals surface area contributed by atoms with Gasteiger partial charge in [0.1, 0.15) is 54.1 Å². The highest BCUT2D eigenvalue weighted by Gasteiger charge is 2.44. The summed E-state index contributed by atoms with van der Waals surface area (Å²) in [6.45, 7) is 7.27. The molecule has 31 heteroatoms. The van der Waals surface area contributed by atoms with Crippen LogP contribution in [0.1, 0.15) is 91.5 Å². The van der Waals surface area contributed by atoms with Crippen LogP contribution in [0.15, 0.2) is 34.3 Å². The molecule has 9 atom stereocenters. The molecule has 1 aromatic rings. The minimum atomic E-state index is -1.85. The predicted octanol–water partition coefficient (Wildman–Crippen LogP) is -3.95. The molecule has 0 aliphatic carbocycles. The number of nitrogens with two attached hydrogens (primary N) is 5. The van der Waals surface area contributed by atoms with Crippen molar-refractivity contribution in [3.8, 4) is 5.75 Å². The second-order valence-electron chi connectivity index (χ2n) is 19.7. The number of methoxy groups -OCH3 is 1.